The normalized spacial score (nSPS) is 30.0. The second kappa shape index (κ2) is 12.9. The van der Waals surface area contributed by atoms with Crippen LogP contribution in [0.3, 0.4) is 0 Å². The van der Waals surface area contributed by atoms with Crippen LogP contribution >= 0.6 is 17.2 Å². The fourth-order valence-electron chi connectivity index (χ4n) is 2.57. The fourth-order valence-corrected chi connectivity index (χ4v) is 5.09. The molecule has 0 N–H and O–H groups in total. The molecule has 0 amide bonds. The molecule has 2 aliphatic heterocycles. The third-order valence-corrected chi connectivity index (χ3v) is 6.44. The van der Waals surface area contributed by atoms with Crippen LogP contribution in [-0.2, 0) is 27.1 Å². The summed E-state index contributed by atoms with van der Waals surface area (Å²) in [5.74, 6) is 0. The Morgan fingerprint density at radius 2 is 1.04 bits per heavy atom. The lowest BCUT2D eigenvalue weighted by atomic mass is 9.93. The topological polar surface area (TPSA) is 55.4 Å². The molecule has 2 heterocycles. The molecule has 0 aromatic rings. The van der Waals surface area contributed by atoms with Crippen LogP contribution in [0.15, 0.2) is 0 Å². The minimum absolute atomic E-state index is 0.213. The van der Waals surface area contributed by atoms with Gasteiger partial charge in [0.25, 0.3) is 0 Å². The Hall–Kier alpha value is 0.620. The third-order valence-electron chi connectivity index (χ3n) is 4.29. The van der Waals surface area contributed by atoms with Gasteiger partial charge in [-0.3, -0.25) is 0 Å². The van der Waals surface area contributed by atoms with Crippen molar-refractivity contribution in [1.29, 1.82) is 0 Å². The van der Waals surface area contributed by atoms with E-state index in [-0.39, 0.29) is 5.41 Å². The van der Waals surface area contributed by atoms with Gasteiger partial charge in [0.1, 0.15) is 0 Å². The predicted octanol–water partition coefficient (Wildman–Crippen LogP) is 5.71. The van der Waals surface area contributed by atoms with Gasteiger partial charge in [0.2, 0.25) is 0 Å². The molecule has 6 nitrogen and oxygen atoms in total. The van der Waals surface area contributed by atoms with E-state index in [9.17, 15) is 0 Å². The first-order valence-electron chi connectivity index (χ1n) is 9.66. The maximum absolute atomic E-state index is 5.77. The summed E-state index contributed by atoms with van der Waals surface area (Å²) >= 11 is 0. The Morgan fingerprint density at radius 1 is 0.640 bits per heavy atom. The van der Waals surface area contributed by atoms with E-state index in [0.29, 0.717) is 39.6 Å². The number of rotatable bonds is 12. The Labute approximate surface area is 155 Å². The zero-order valence-corrected chi connectivity index (χ0v) is 17.5. The molecule has 2 fully saturated rings. The molecule has 2 aliphatic rings. The van der Waals surface area contributed by atoms with Gasteiger partial charge in [-0.25, -0.2) is 0 Å². The van der Waals surface area contributed by atoms with Crippen molar-refractivity contribution in [2.75, 3.05) is 39.6 Å². The zero-order valence-electron chi connectivity index (χ0n) is 15.7. The minimum Gasteiger partial charge on any atom is -0.312 e. The predicted molar refractivity (Wildman–Crippen MR) is 100 cm³/mol. The van der Waals surface area contributed by atoms with Gasteiger partial charge in [-0.2, -0.15) is 0 Å². The average Bonchev–Trinajstić information content (AvgIpc) is 2.65. The first kappa shape index (κ1) is 21.9. The fraction of sp³-hybridized carbons (Fsp3) is 1.00. The standard InChI is InChI=1S/C17H34O6P2/c1-3-5-7-9-11-18-24-20-13-17(14-21-24)15-22-25(23-16-17)19-12-10-8-6-4-2/h3-16H2,1-2H3. The highest BCUT2D eigenvalue weighted by atomic mass is 31.2. The summed E-state index contributed by atoms with van der Waals surface area (Å²) in [6.45, 7) is 8.08. The molecule has 1 spiro atoms. The van der Waals surface area contributed by atoms with Crippen LogP contribution in [0.4, 0.5) is 0 Å². The second-order valence-corrected chi connectivity index (χ2v) is 9.27. The van der Waals surface area contributed by atoms with Crippen molar-refractivity contribution in [3.05, 3.63) is 0 Å². The third kappa shape index (κ3) is 8.45. The molecule has 25 heavy (non-hydrogen) atoms. The maximum atomic E-state index is 5.77. The van der Waals surface area contributed by atoms with Crippen LogP contribution < -0.4 is 0 Å². The Bertz CT molecular complexity index is 296. The van der Waals surface area contributed by atoms with Gasteiger partial charge >= 0.3 is 17.2 Å². The van der Waals surface area contributed by atoms with Crippen LogP contribution in [0.2, 0.25) is 0 Å². The van der Waals surface area contributed by atoms with Gasteiger partial charge in [0.15, 0.2) is 0 Å². The Balaban J connectivity index is 1.53. The Morgan fingerprint density at radius 3 is 1.40 bits per heavy atom. The highest BCUT2D eigenvalue weighted by molar-refractivity contribution is 7.42. The van der Waals surface area contributed by atoms with Crippen molar-refractivity contribution >= 4 is 17.2 Å². The van der Waals surface area contributed by atoms with Gasteiger partial charge in [-0.05, 0) is 12.8 Å². The smallest absolute Gasteiger partial charge is 0.312 e. The highest BCUT2D eigenvalue weighted by Gasteiger charge is 2.43. The molecular formula is C17H34O6P2. The second-order valence-electron chi connectivity index (χ2n) is 6.83. The van der Waals surface area contributed by atoms with Gasteiger partial charge in [0, 0.05) is 0 Å². The number of hydrogen-bond donors (Lipinski definition) is 0. The van der Waals surface area contributed by atoms with E-state index in [4.69, 9.17) is 27.1 Å². The minimum atomic E-state index is -1.21. The summed E-state index contributed by atoms with van der Waals surface area (Å²) in [6.07, 6.45) is 9.51. The molecule has 0 aliphatic carbocycles. The van der Waals surface area contributed by atoms with E-state index in [1.54, 1.807) is 0 Å². The molecule has 8 heteroatoms. The largest absolute Gasteiger partial charge is 0.332 e. The van der Waals surface area contributed by atoms with Gasteiger partial charge in [-0.1, -0.05) is 52.4 Å². The van der Waals surface area contributed by atoms with Crippen LogP contribution in [0.5, 0.6) is 0 Å². The van der Waals surface area contributed by atoms with Crippen molar-refractivity contribution < 1.29 is 27.1 Å². The van der Waals surface area contributed by atoms with Crippen molar-refractivity contribution in [2.45, 2.75) is 65.2 Å². The first-order valence-corrected chi connectivity index (χ1v) is 11.8. The van der Waals surface area contributed by atoms with Crippen molar-refractivity contribution in [2.24, 2.45) is 5.41 Å². The van der Waals surface area contributed by atoms with Crippen molar-refractivity contribution in [3.8, 4) is 0 Å². The van der Waals surface area contributed by atoms with E-state index in [1.807, 2.05) is 0 Å². The summed E-state index contributed by atoms with van der Waals surface area (Å²) in [6, 6.07) is 0. The summed E-state index contributed by atoms with van der Waals surface area (Å²) in [7, 11) is -2.41. The summed E-state index contributed by atoms with van der Waals surface area (Å²) in [4.78, 5) is 0. The SMILES string of the molecule is CCCCCCOP1OCC2(CO1)COP(OCCCCCC)OC2. The monoisotopic (exact) mass is 396 g/mol. The average molecular weight is 396 g/mol. The molecule has 148 valence electrons. The molecule has 0 aromatic carbocycles. The molecule has 0 radical (unpaired) electrons. The van der Waals surface area contributed by atoms with Crippen LogP contribution in [0, 0.1) is 5.41 Å². The van der Waals surface area contributed by atoms with Crippen molar-refractivity contribution in [1.82, 2.24) is 0 Å². The molecule has 0 aromatic heterocycles. The van der Waals surface area contributed by atoms with Crippen LogP contribution in [0.25, 0.3) is 0 Å². The lowest BCUT2D eigenvalue weighted by Crippen LogP contribution is -2.44. The van der Waals surface area contributed by atoms with E-state index in [1.165, 1.54) is 38.5 Å². The van der Waals surface area contributed by atoms with E-state index < -0.39 is 17.2 Å². The van der Waals surface area contributed by atoms with Crippen LogP contribution in [0.1, 0.15) is 65.2 Å². The summed E-state index contributed by atoms with van der Waals surface area (Å²) < 4.78 is 34.4. The van der Waals surface area contributed by atoms with Crippen LogP contribution in [-0.4, -0.2) is 39.6 Å². The molecule has 0 bridgehead atoms. The van der Waals surface area contributed by atoms with E-state index in [0.717, 1.165) is 12.8 Å². The quantitative estimate of drug-likeness (QED) is 0.311. The highest BCUT2D eigenvalue weighted by Crippen LogP contribution is 2.53. The lowest BCUT2D eigenvalue weighted by Gasteiger charge is -2.41. The number of hydrogen-bond acceptors (Lipinski definition) is 6. The maximum Gasteiger partial charge on any atom is 0.332 e. The van der Waals surface area contributed by atoms with E-state index in [2.05, 4.69) is 13.8 Å². The van der Waals surface area contributed by atoms with Gasteiger partial charge < -0.3 is 27.1 Å². The molecule has 0 unspecified atom stereocenters. The molecule has 2 saturated heterocycles. The number of unbranched alkanes of at least 4 members (excludes halogenated alkanes) is 6. The lowest BCUT2D eigenvalue weighted by molar-refractivity contribution is -0.0761. The zero-order chi connectivity index (χ0) is 17.8. The van der Waals surface area contributed by atoms with Gasteiger partial charge in [0.05, 0.1) is 45.1 Å². The first-order chi connectivity index (χ1) is 12.3. The summed E-state index contributed by atoms with van der Waals surface area (Å²) in [5, 5.41) is 0. The molecule has 2 rings (SSSR count). The van der Waals surface area contributed by atoms with E-state index >= 15 is 0 Å². The van der Waals surface area contributed by atoms with Crippen molar-refractivity contribution in [3.63, 3.8) is 0 Å². The van der Waals surface area contributed by atoms with Gasteiger partial charge in [-0.15, -0.1) is 0 Å². The summed E-state index contributed by atoms with van der Waals surface area (Å²) in [5.41, 5.74) is -0.213. The molecule has 0 saturated carbocycles. The molecular weight excluding hydrogens is 362 g/mol. The Kier molecular flexibility index (Phi) is 11.3. The molecule has 0 atom stereocenters.